The molecule has 0 saturated heterocycles. The lowest BCUT2D eigenvalue weighted by Gasteiger charge is -2.09. The van der Waals surface area contributed by atoms with Crippen LogP contribution in [0.25, 0.3) is 0 Å². The van der Waals surface area contributed by atoms with Gasteiger partial charge in [0.05, 0.1) is 6.10 Å². The topological polar surface area (TPSA) is 20.2 Å². The summed E-state index contributed by atoms with van der Waals surface area (Å²) in [6, 6.07) is 12.2. The van der Waals surface area contributed by atoms with Gasteiger partial charge < -0.3 is 5.11 Å². The van der Waals surface area contributed by atoms with Gasteiger partial charge in [-0.15, -0.1) is 0 Å². The SMILES string of the molecule is C[C@H](O)c1ccc(Sc2ccccc2F)c(Br)c1. The van der Waals surface area contributed by atoms with Gasteiger partial charge in [0.2, 0.25) is 0 Å². The highest BCUT2D eigenvalue weighted by atomic mass is 79.9. The molecular weight excluding hydrogens is 315 g/mol. The van der Waals surface area contributed by atoms with E-state index < -0.39 is 6.10 Å². The molecule has 2 aromatic carbocycles. The van der Waals surface area contributed by atoms with Crippen molar-refractivity contribution in [2.45, 2.75) is 22.8 Å². The minimum absolute atomic E-state index is 0.228. The van der Waals surface area contributed by atoms with Gasteiger partial charge in [-0.1, -0.05) is 30.0 Å². The largest absolute Gasteiger partial charge is 0.389 e. The zero-order valence-electron chi connectivity index (χ0n) is 9.73. The molecule has 18 heavy (non-hydrogen) atoms. The molecular formula is C14H12BrFOS. The van der Waals surface area contributed by atoms with Crippen LogP contribution in [0.1, 0.15) is 18.6 Å². The van der Waals surface area contributed by atoms with E-state index >= 15 is 0 Å². The van der Waals surface area contributed by atoms with Crippen LogP contribution in [0.5, 0.6) is 0 Å². The molecule has 0 fully saturated rings. The maximum atomic E-state index is 13.5. The third-order valence-electron chi connectivity index (χ3n) is 2.49. The third kappa shape index (κ3) is 3.13. The predicted molar refractivity (Wildman–Crippen MR) is 75.3 cm³/mol. The van der Waals surface area contributed by atoms with Crippen LogP contribution in [0.4, 0.5) is 4.39 Å². The lowest BCUT2D eigenvalue weighted by Crippen LogP contribution is -1.91. The zero-order chi connectivity index (χ0) is 13.1. The smallest absolute Gasteiger partial charge is 0.137 e. The molecule has 2 rings (SSSR count). The molecule has 0 unspecified atom stereocenters. The molecule has 0 saturated carbocycles. The van der Waals surface area contributed by atoms with Crippen molar-refractivity contribution >= 4 is 27.7 Å². The molecule has 0 spiro atoms. The molecule has 94 valence electrons. The Balaban J connectivity index is 2.28. The molecule has 0 amide bonds. The van der Waals surface area contributed by atoms with E-state index in [0.717, 1.165) is 14.9 Å². The molecule has 0 radical (unpaired) electrons. The van der Waals surface area contributed by atoms with E-state index in [9.17, 15) is 9.50 Å². The lowest BCUT2D eigenvalue weighted by atomic mass is 10.1. The molecule has 0 heterocycles. The second kappa shape index (κ2) is 5.87. The summed E-state index contributed by atoms with van der Waals surface area (Å²) in [6.07, 6.45) is -0.506. The average molecular weight is 327 g/mol. The first-order valence-corrected chi connectivity index (χ1v) is 7.09. The summed E-state index contributed by atoms with van der Waals surface area (Å²) in [7, 11) is 0. The minimum atomic E-state index is -0.506. The summed E-state index contributed by atoms with van der Waals surface area (Å²) in [5, 5.41) is 9.49. The Bertz CT molecular complexity index is 557. The van der Waals surface area contributed by atoms with Gasteiger partial charge in [-0.05, 0) is 52.7 Å². The van der Waals surface area contributed by atoms with E-state index in [0.29, 0.717) is 4.90 Å². The fourth-order valence-corrected chi connectivity index (χ4v) is 2.99. The normalized spacial score (nSPS) is 12.4. The van der Waals surface area contributed by atoms with Gasteiger partial charge in [0.1, 0.15) is 5.82 Å². The Morgan fingerprint density at radius 3 is 2.50 bits per heavy atom. The van der Waals surface area contributed by atoms with Gasteiger partial charge in [-0.25, -0.2) is 4.39 Å². The number of aliphatic hydroxyl groups is 1. The van der Waals surface area contributed by atoms with Crippen LogP contribution in [0.3, 0.4) is 0 Å². The number of benzene rings is 2. The van der Waals surface area contributed by atoms with Crippen molar-refractivity contribution in [1.29, 1.82) is 0 Å². The first kappa shape index (κ1) is 13.6. The van der Waals surface area contributed by atoms with Crippen LogP contribution >= 0.6 is 27.7 Å². The van der Waals surface area contributed by atoms with Crippen LogP contribution in [-0.4, -0.2) is 5.11 Å². The fraction of sp³-hybridized carbons (Fsp3) is 0.143. The maximum Gasteiger partial charge on any atom is 0.137 e. The highest BCUT2D eigenvalue weighted by Crippen LogP contribution is 2.35. The molecule has 0 aliphatic rings. The van der Waals surface area contributed by atoms with Crippen LogP contribution in [-0.2, 0) is 0 Å². The highest BCUT2D eigenvalue weighted by Gasteiger charge is 2.08. The van der Waals surface area contributed by atoms with E-state index in [4.69, 9.17) is 0 Å². The molecule has 2 aromatic rings. The summed E-state index contributed by atoms with van der Waals surface area (Å²) < 4.78 is 14.4. The molecule has 4 heteroatoms. The van der Waals surface area contributed by atoms with E-state index in [-0.39, 0.29) is 5.82 Å². The second-order valence-corrected chi connectivity index (χ2v) is 5.84. The summed E-state index contributed by atoms with van der Waals surface area (Å²) in [5.74, 6) is -0.228. The molecule has 1 N–H and O–H groups in total. The Hall–Kier alpha value is -0.840. The molecule has 0 bridgehead atoms. The van der Waals surface area contributed by atoms with Gasteiger partial charge in [-0.3, -0.25) is 0 Å². The van der Waals surface area contributed by atoms with Gasteiger partial charge in [0, 0.05) is 14.3 Å². The Labute approximate surface area is 118 Å². The van der Waals surface area contributed by atoms with Crippen LogP contribution < -0.4 is 0 Å². The van der Waals surface area contributed by atoms with Crippen molar-refractivity contribution in [1.82, 2.24) is 0 Å². The van der Waals surface area contributed by atoms with Crippen molar-refractivity contribution in [3.8, 4) is 0 Å². The number of rotatable bonds is 3. The predicted octanol–water partition coefficient (Wildman–Crippen LogP) is 4.79. The van der Waals surface area contributed by atoms with E-state index in [1.807, 2.05) is 24.3 Å². The summed E-state index contributed by atoms with van der Waals surface area (Å²) in [6.45, 7) is 1.71. The van der Waals surface area contributed by atoms with Crippen LogP contribution in [0.2, 0.25) is 0 Å². The number of hydrogen-bond acceptors (Lipinski definition) is 2. The summed E-state index contributed by atoms with van der Waals surface area (Å²) in [5.41, 5.74) is 0.833. The maximum absolute atomic E-state index is 13.5. The molecule has 1 nitrogen and oxygen atoms in total. The molecule has 0 aliphatic heterocycles. The number of halogens is 2. The van der Waals surface area contributed by atoms with Crippen molar-refractivity contribution in [3.05, 3.63) is 58.3 Å². The average Bonchev–Trinajstić information content (AvgIpc) is 2.34. The summed E-state index contributed by atoms with van der Waals surface area (Å²) in [4.78, 5) is 1.51. The molecule has 0 aromatic heterocycles. The van der Waals surface area contributed by atoms with Gasteiger partial charge in [-0.2, -0.15) is 0 Å². The summed E-state index contributed by atoms with van der Waals surface area (Å²) >= 11 is 4.80. The highest BCUT2D eigenvalue weighted by molar-refractivity contribution is 9.10. The lowest BCUT2D eigenvalue weighted by molar-refractivity contribution is 0.199. The van der Waals surface area contributed by atoms with E-state index in [2.05, 4.69) is 15.9 Å². The monoisotopic (exact) mass is 326 g/mol. The standard InChI is InChI=1S/C14H12BrFOS/c1-9(17)10-6-7-13(11(15)8-10)18-14-5-3-2-4-12(14)16/h2-9,17H,1H3/t9-/m0/s1. The van der Waals surface area contributed by atoms with Crippen LogP contribution in [0.15, 0.2) is 56.7 Å². The number of aliphatic hydroxyl groups excluding tert-OH is 1. The van der Waals surface area contributed by atoms with Gasteiger partial charge in [0.15, 0.2) is 0 Å². The van der Waals surface area contributed by atoms with Crippen molar-refractivity contribution in [3.63, 3.8) is 0 Å². The Kier molecular flexibility index (Phi) is 4.43. The van der Waals surface area contributed by atoms with Crippen molar-refractivity contribution in [2.75, 3.05) is 0 Å². The zero-order valence-corrected chi connectivity index (χ0v) is 12.1. The first-order chi connectivity index (χ1) is 8.58. The Morgan fingerprint density at radius 1 is 1.17 bits per heavy atom. The molecule has 1 atom stereocenters. The minimum Gasteiger partial charge on any atom is -0.389 e. The second-order valence-electron chi connectivity index (χ2n) is 3.90. The van der Waals surface area contributed by atoms with Crippen LogP contribution in [0, 0.1) is 5.82 Å². The van der Waals surface area contributed by atoms with Gasteiger partial charge in [0.25, 0.3) is 0 Å². The Morgan fingerprint density at radius 2 is 1.89 bits per heavy atom. The van der Waals surface area contributed by atoms with Crippen molar-refractivity contribution < 1.29 is 9.50 Å². The molecule has 0 aliphatic carbocycles. The van der Waals surface area contributed by atoms with E-state index in [1.165, 1.54) is 17.8 Å². The quantitative estimate of drug-likeness (QED) is 0.874. The van der Waals surface area contributed by atoms with Gasteiger partial charge >= 0.3 is 0 Å². The number of hydrogen-bond donors (Lipinski definition) is 1. The van der Waals surface area contributed by atoms with Crippen molar-refractivity contribution in [2.24, 2.45) is 0 Å². The third-order valence-corrected chi connectivity index (χ3v) is 4.54. The fourth-order valence-electron chi connectivity index (χ4n) is 1.51. The first-order valence-electron chi connectivity index (χ1n) is 5.48. The van der Waals surface area contributed by atoms with E-state index in [1.54, 1.807) is 19.1 Å².